The minimum absolute atomic E-state index is 0. The summed E-state index contributed by atoms with van der Waals surface area (Å²) in [6, 6.07) is 0. The van der Waals surface area contributed by atoms with Crippen molar-refractivity contribution >= 4 is 58.8 Å². The molecule has 0 bridgehead atoms. The van der Waals surface area contributed by atoms with Gasteiger partial charge in [0, 0.05) is 0 Å². The summed E-state index contributed by atoms with van der Waals surface area (Å²) in [7, 11) is 0. The third kappa shape index (κ3) is 10.3. The van der Waals surface area contributed by atoms with Crippen LogP contribution < -0.4 is 0 Å². The molecule has 0 saturated carbocycles. The standard InChI is InChI=1S/C4H8OS2.Na.H/c1-2-3-5-4(6)7;;/h2-3H2,1H3,(H,6,7);;. The summed E-state index contributed by atoms with van der Waals surface area (Å²) in [5, 5.41) is 0. The van der Waals surface area contributed by atoms with E-state index < -0.39 is 0 Å². The van der Waals surface area contributed by atoms with Crippen LogP contribution in [0.2, 0.25) is 0 Å². The molecule has 0 aliphatic rings. The average Bonchev–Trinajstić information content (AvgIpc) is 1.61. The van der Waals surface area contributed by atoms with E-state index >= 15 is 0 Å². The van der Waals surface area contributed by atoms with Gasteiger partial charge in [0.2, 0.25) is 4.38 Å². The van der Waals surface area contributed by atoms with Gasteiger partial charge in [-0.05, 0) is 18.6 Å². The monoisotopic (exact) mass is 160 g/mol. The molecule has 0 aromatic rings. The average molecular weight is 160 g/mol. The Balaban J connectivity index is 0. The zero-order chi connectivity index (χ0) is 5.70. The van der Waals surface area contributed by atoms with Crippen molar-refractivity contribution in [1.29, 1.82) is 0 Å². The zero-order valence-corrected chi connectivity index (χ0v) is 5.89. The molecule has 0 amide bonds. The van der Waals surface area contributed by atoms with E-state index in [1.165, 1.54) is 0 Å². The molecule has 44 valence electrons. The van der Waals surface area contributed by atoms with E-state index in [2.05, 4.69) is 24.8 Å². The van der Waals surface area contributed by atoms with Gasteiger partial charge in [-0.1, -0.05) is 19.6 Å². The van der Waals surface area contributed by atoms with Crippen LogP contribution in [0.25, 0.3) is 0 Å². The van der Waals surface area contributed by atoms with Gasteiger partial charge in [-0.15, -0.1) is 0 Å². The molecule has 0 rings (SSSR count). The van der Waals surface area contributed by atoms with Crippen LogP contribution in [-0.4, -0.2) is 40.5 Å². The molecular weight excluding hydrogens is 151 g/mol. The summed E-state index contributed by atoms with van der Waals surface area (Å²) in [6.07, 6.45) is 0.987. The van der Waals surface area contributed by atoms with Crippen molar-refractivity contribution < 1.29 is 4.74 Å². The Labute approximate surface area is 82.9 Å². The summed E-state index contributed by atoms with van der Waals surface area (Å²) in [4.78, 5) is 0. The molecule has 0 heterocycles. The predicted molar refractivity (Wildman–Crippen MR) is 45.0 cm³/mol. The van der Waals surface area contributed by atoms with Gasteiger partial charge in [-0.25, -0.2) is 0 Å². The van der Waals surface area contributed by atoms with Gasteiger partial charge in [0.15, 0.2) is 0 Å². The van der Waals surface area contributed by atoms with Gasteiger partial charge < -0.3 is 4.74 Å². The van der Waals surface area contributed by atoms with Crippen molar-refractivity contribution in [1.82, 2.24) is 0 Å². The van der Waals surface area contributed by atoms with Crippen LogP contribution in [0.15, 0.2) is 0 Å². The summed E-state index contributed by atoms with van der Waals surface area (Å²) in [6.45, 7) is 2.70. The normalized spacial score (nSPS) is 7.25. The summed E-state index contributed by atoms with van der Waals surface area (Å²) < 4.78 is 5.12. The topological polar surface area (TPSA) is 9.23 Å². The van der Waals surface area contributed by atoms with Crippen LogP contribution in [0, 0.1) is 0 Å². The van der Waals surface area contributed by atoms with Crippen LogP contribution in [0.5, 0.6) is 0 Å². The Bertz CT molecular complexity index is 67.1. The molecule has 1 nitrogen and oxygen atoms in total. The quantitative estimate of drug-likeness (QED) is 0.366. The second-order valence-electron chi connectivity index (χ2n) is 1.11. The van der Waals surface area contributed by atoms with Gasteiger partial charge in [0.1, 0.15) is 0 Å². The Morgan fingerprint density at radius 3 is 2.38 bits per heavy atom. The van der Waals surface area contributed by atoms with Crippen LogP contribution in [0.1, 0.15) is 13.3 Å². The Kier molecular flexibility index (Phi) is 12.3. The number of thiocarbonyl (C=S) groups is 1. The van der Waals surface area contributed by atoms with E-state index in [0.29, 0.717) is 11.0 Å². The minimum atomic E-state index is 0. The third-order valence-corrected chi connectivity index (χ3v) is 0.677. The molecular formula is C4H9NaOS2. The fourth-order valence-electron chi connectivity index (χ4n) is 0.189. The summed E-state index contributed by atoms with van der Waals surface area (Å²) >= 11 is 8.24. The van der Waals surface area contributed by atoms with E-state index in [1.54, 1.807) is 0 Å². The van der Waals surface area contributed by atoms with Gasteiger partial charge in [0.05, 0.1) is 6.61 Å². The SMILES string of the molecule is CCCOC(=S)S.[NaH]. The fraction of sp³-hybridized carbons (Fsp3) is 0.750. The molecule has 0 atom stereocenters. The summed E-state index contributed by atoms with van der Waals surface area (Å²) in [5.41, 5.74) is 0. The number of hydrogen-bond acceptors (Lipinski definition) is 2. The maximum absolute atomic E-state index is 4.79. The molecule has 8 heavy (non-hydrogen) atoms. The van der Waals surface area contributed by atoms with Crippen molar-refractivity contribution in [3.63, 3.8) is 0 Å². The zero-order valence-electron chi connectivity index (χ0n) is 4.18. The van der Waals surface area contributed by atoms with Crippen LogP contribution in [0.4, 0.5) is 0 Å². The molecule has 0 aromatic heterocycles. The molecule has 0 aromatic carbocycles. The maximum atomic E-state index is 4.79. The van der Waals surface area contributed by atoms with Gasteiger partial charge in [-0.2, -0.15) is 0 Å². The molecule has 0 fully saturated rings. The van der Waals surface area contributed by atoms with Crippen LogP contribution in [-0.2, 0) is 4.74 Å². The second kappa shape index (κ2) is 8.24. The van der Waals surface area contributed by atoms with Crippen LogP contribution >= 0.6 is 24.8 Å². The molecule has 0 aliphatic carbocycles. The Hall–Kier alpha value is 1.24. The van der Waals surface area contributed by atoms with E-state index in [0.717, 1.165) is 6.42 Å². The van der Waals surface area contributed by atoms with Crippen molar-refractivity contribution in [3.8, 4) is 0 Å². The third-order valence-electron chi connectivity index (χ3n) is 0.430. The fourth-order valence-corrected chi connectivity index (χ4v) is 0.364. The van der Waals surface area contributed by atoms with E-state index in [9.17, 15) is 0 Å². The Morgan fingerprint density at radius 1 is 1.75 bits per heavy atom. The van der Waals surface area contributed by atoms with E-state index in [4.69, 9.17) is 4.74 Å². The van der Waals surface area contributed by atoms with Gasteiger partial charge >= 0.3 is 29.6 Å². The van der Waals surface area contributed by atoms with Crippen molar-refractivity contribution in [2.45, 2.75) is 13.3 Å². The van der Waals surface area contributed by atoms with Crippen molar-refractivity contribution in [3.05, 3.63) is 0 Å². The molecule has 0 unspecified atom stereocenters. The second-order valence-corrected chi connectivity index (χ2v) is 2.19. The number of rotatable bonds is 2. The number of thiol groups is 1. The number of hydrogen-bond donors (Lipinski definition) is 1. The first-order valence-corrected chi connectivity index (χ1v) is 2.98. The predicted octanol–water partition coefficient (Wildman–Crippen LogP) is 0.979. The molecule has 0 spiro atoms. The van der Waals surface area contributed by atoms with E-state index in [-0.39, 0.29) is 29.6 Å². The molecule has 0 radical (unpaired) electrons. The molecule has 4 heteroatoms. The van der Waals surface area contributed by atoms with Crippen LogP contribution in [0.3, 0.4) is 0 Å². The van der Waals surface area contributed by atoms with Gasteiger partial charge in [0.25, 0.3) is 0 Å². The molecule has 0 aliphatic heterocycles. The first-order chi connectivity index (χ1) is 3.27. The number of ether oxygens (including phenoxy) is 1. The van der Waals surface area contributed by atoms with Crippen molar-refractivity contribution in [2.24, 2.45) is 0 Å². The van der Waals surface area contributed by atoms with Crippen molar-refractivity contribution in [2.75, 3.05) is 6.61 Å². The molecule has 0 saturated heterocycles. The molecule has 0 N–H and O–H groups in total. The Morgan fingerprint density at radius 2 is 2.25 bits per heavy atom. The summed E-state index contributed by atoms with van der Waals surface area (Å²) in [5.74, 6) is 0. The van der Waals surface area contributed by atoms with E-state index in [1.807, 2.05) is 6.92 Å². The van der Waals surface area contributed by atoms with Gasteiger partial charge in [-0.3, -0.25) is 0 Å². The first-order valence-electron chi connectivity index (χ1n) is 2.13. The first kappa shape index (κ1) is 12.0.